The highest BCUT2D eigenvalue weighted by Gasteiger charge is 2.55. The van der Waals surface area contributed by atoms with Crippen molar-refractivity contribution >= 4 is 43.7 Å². The Morgan fingerprint density at radius 3 is 2.67 bits per heavy atom. The number of hydrogen-bond donors (Lipinski definition) is 4. The maximum Gasteiger partial charge on any atom is 0.354 e. The number of piperidine rings is 1. The fourth-order valence-electron chi connectivity index (χ4n) is 3.64. The van der Waals surface area contributed by atoms with E-state index in [0.29, 0.717) is 6.42 Å². The zero-order valence-electron chi connectivity index (χ0n) is 14.1. The molecule has 0 radical (unpaired) electrons. The lowest BCUT2D eigenvalue weighted by molar-refractivity contribution is 0.181. The van der Waals surface area contributed by atoms with Crippen molar-refractivity contribution in [3.8, 4) is 0 Å². The molecule has 1 unspecified atom stereocenters. The molecular formula is C15H24ClN3O3S2. The van der Waals surface area contributed by atoms with Crippen molar-refractivity contribution in [1.29, 1.82) is 0 Å². The second-order valence-corrected chi connectivity index (χ2v) is 12.1. The first kappa shape index (κ1) is 18.5. The third-order valence-corrected chi connectivity index (χ3v) is 8.93. The molecule has 0 aromatic carbocycles. The van der Waals surface area contributed by atoms with Crippen LogP contribution < -0.4 is 10.0 Å². The molecule has 9 heteroatoms. The molecule has 0 bridgehead atoms. The molecule has 3 aliphatic rings. The first-order chi connectivity index (χ1) is 11.2. The van der Waals surface area contributed by atoms with Gasteiger partial charge in [0.1, 0.15) is 4.75 Å². The molecule has 0 amide bonds. The summed E-state index contributed by atoms with van der Waals surface area (Å²) in [7, 11) is -1.67. The van der Waals surface area contributed by atoms with Gasteiger partial charge in [0, 0.05) is 21.7 Å². The van der Waals surface area contributed by atoms with Gasteiger partial charge in [-0.05, 0) is 53.1 Å². The van der Waals surface area contributed by atoms with Crippen LogP contribution in [-0.2, 0) is 11.4 Å². The fourth-order valence-corrected chi connectivity index (χ4v) is 7.02. The van der Waals surface area contributed by atoms with E-state index in [1.807, 2.05) is 20.8 Å². The first-order valence-electron chi connectivity index (χ1n) is 8.05. The van der Waals surface area contributed by atoms with Gasteiger partial charge < -0.3 is 15.0 Å². The molecule has 6 nitrogen and oxygen atoms in total. The summed E-state index contributed by atoms with van der Waals surface area (Å²) >= 11 is 4.85. The summed E-state index contributed by atoms with van der Waals surface area (Å²) in [5.41, 5.74) is 0.687. The van der Waals surface area contributed by atoms with Crippen LogP contribution in [0, 0.1) is 5.41 Å². The topological polar surface area (TPSA) is 96.8 Å². The number of carboxylic acid groups (broad SMARTS) is 1. The summed E-state index contributed by atoms with van der Waals surface area (Å²) in [5.74, 6) is 0. The van der Waals surface area contributed by atoms with E-state index in [9.17, 15) is 14.5 Å². The molecule has 1 aliphatic carbocycles. The Bertz CT molecular complexity index is 612. The van der Waals surface area contributed by atoms with Crippen LogP contribution in [0.25, 0.3) is 0 Å². The van der Waals surface area contributed by atoms with E-state index >= 15 is 0 Å². The van der Waals surface area contributed by atoms with Gasteiger partial charge in [-0.25, -0.2) is 9.79 Å². The third kappa shape index (κ3) is 3.12. The Hall–Kier alpha value is -0.250. The Balaban J connectivity index is 1.96. The van der Waals surface area contributed by atoms with Crippen LogP contribution in [0.2, 0.25) is 0 Å². The number of halogens is 1. The molecule has 3 atom stereocenters. The van der Waals surface area contributed by atoms with Gasteiger partial charge in [-0.3, -0.25) is 0 Å². The van der Waals surface area contributed by atoms with Crippen molar-refractivity contribution in [2.45, 2.75) is 50.8 Å². The average Bonchev–Trinajstić information content (AvgIpc) is 2.92. The highest BCUT2D eigenvalue weighted by molar-refractivity contribution is 8.45. The minimum Gasteiger partial charge on any atom is -0.598 e. The summed E-state index contributed by atoms with van der Waals surface area (Å²) in [4.78, 5) is 16.9. The van der Waals surface area contributed by atoms with E-state index in [-0.39, 0.29) is 16.0 Å². The zero-order chi connectivity index (χ0) is 17.7. The van der Waals surface area contributed by atoms with Crippen LogP contribution >= 0.6 is 22.5 Å². The van der Waals surface area contributed by atoms with E-state index < -0.39 is 32.3 Å². The molecule has 1 spiro atoms. The Kier molecular flexibility index (Phi) is 5.01. The number of thiol groups is 1. The summed E-state index contributed by atoms with van der Waals surface area (Å²) < 4.78 is 15.8. The Morgan fingerprint density at radius 2 is 2.12 bits per heavy atom. The summed E-state index contributed by atoms with van der Waals surface area (Å²) in [6.07, 6.45) is 2.54. The van der Waals surface area contributed by atoms with Crippen molar-refractivity contribution in [3.63, 3.8) is 0 Å². The molecular weight excluding hydrogens is 370 g/mol. The molecule has 3 N–H and O–H groups in total. The van der Waals surface area contributed by atoms with Crippen LogP contribution in [-0.4, -0.2) is 43.3 Å². The summed E-state index contributed by atoms with van der Waals surface area (Å²) in [6, 6.07) is -0.239. The quantitative estimate of drug-likeness (QED) is 0.427. The minimum absolute atomic E-state index is 0.117. The molecule has 136 valence electrons. The van der Waals surface area contributed by atoms with E-state index in [4.69, 9.17) is 11.6 Å². The van der Waals surface area contributed by atoms with Gasteiger partial charge in [-0.2, -0.15) is 0 Å². The van der Waals surface area contributed by atoms with E-state index in [1.54, 1.807) is 0 Å². The highest BCUT2D eigenvalue weighted by Crippen LogP contribution is 2.60. The SMILES string of the molecule is CC(C)(C)[S@@+]([O-])N[C@@H]1C2=C(CC13CCNCC3)N=C(Cl)[SH]2C(=O)O. The van der Waals surface area contributed by atoms with Crippen molar-refractivity contribution in [3.05, 3.63) is 10.6 Å². The summed E-state index contributed by atoms with van der Waals surface area (Å²) in [5, 5.41) is 12.1. The number of allylic oxidation sites excluding steroid dienone is 1. The second-order valence-electron chi connectivity index (χ2n) is 7.55. The zero-order valence-corrected chi connectivity index (χ0v) is 16.5. The lowest BCUT2D eigenvalue weighted by atomic mass is 9.74. The lowest BCUT2D eigenvalue weighted by Crippen LogP contribution is -2.54. The van der Waals surface area contributed by atoms with Gasteiger partial charge in [-0.1, -0.05) is 22.5 Å². The Labute approximate surface area is 153 Å². The monoisotopic (exact) mass is 393 g/mol. The van der Waals surface area contributed by atoms with Crippen LogP contribution in [0.5, 0.6) is 0 Å². The average molecular weight is 394 g/mol. The van der Waals surface area contributed by atoms with Crippen LogP contribution in [0.3, 0.4) is 0 Å². The van der Waals surface area contributed by atoms with Gasteiger partial charge in [0.25, 0.3) is 0 Å². The van der Waals surface area contributed by atoms with Crippen molar-refractivity contribution in [2.75, 3.05) is 13.1 Å². The van der Waals surface area contributed by atoms with Gasteiger partial charge in [0.05, 0.1) is 11.7 Å². The Morgan fingerprint density at radius 1 is 1.50 bits per heavy atom. The molecule has 2 heterocycles. The maximum absolute atomic E-state index is 12.7. The summed E-state index contributed by atoms with van der Waals surface area (Å²) in [6.45, 7) is 7.49. The second kappa shape index (κ2) is 6.48. The van der Waals surface area contributed by atoms with Crippen molar-refractivity contribution in [2.24, 2.45) is 10.4 Å². The van der Waals surface area contributed by atoms with Crippen molar-refractivity contribution in [1.82, 2.24) is 10.0 Å². The number of aliphatic imine (C=N–C) groups is 1. The number of nitrogens with one attached hydrogen (secondary N) is 2. The molecule has 0 aromatic rings. The largest absolute Gasteiger partial charge is 0.598 e. The number of nitrogens with zero attached hydrogens (tertiary/aromatic N) is 1. The number of hydrogen-bond acceptors (Lipinski definition) is 5. The molecule has 1 fully saturated rings. The van der Waals surface area contributed by atoms with Crippen LogP contribution in [0.15, 0.2) is 15.6 Å². The van der Waals surface area contributed by atoms with Crippen LogP contribution in [0.1, 0.15) is 40.0 Å². The van der Waals surface area contributed by atoms with Crippen molar-refractivity contribution < 1.29 is 14.5 Å². The molecule has 3 rings (SSSR count). The minimum atomic E-state index is -1.67. The van der Waals surface area contributed by atoms with E-state index in [0.717, 1.165) is 36.5 Å². The number of rotatable bonds is 2. The predicted molar refractivity (Wildman–Crippen MR) is 101 cm³/mol. The predicted octanol–water partition coefficient (Wildman–Crippen LogP) is 2.68. The molecule has 0 aromatic heterocycles. The van der Waals surface area contributed by atoms with Gasteiger partial charge in [0.2, 0.25) is 0 Å². The van der Waals surface area contributed by atoms with E-state index in [1.165, 1.54) is 0 Å². The number of carbonyl (C=O) groups is 1. The van der Waals surface area contributed by atoms with E-state index in [2.05, 4.69) is 15.0 Å². The molecule has 2 aliphatic heterocycles. The maximum atomic E-state index is 12.7. The third-order valence-electron chi connectivity index (χ3n) is 4.93. The van der Waals surface area contributed by atoms with Gasteiger partial charge in [0.15, 0.2) is 4.50 Å². The standard InChI is InChI=1S/C15H24ClN3O3S2/c1-14(2,3)24(22)19-11-10-9(18-12(16)23(10)13(20)21)8-15(11)4-6-17-7-5-15/h11,17,19,23H,4-8H2,1-3H3,(H,20,21)/t11-,24-/m1/s1. The first-order valence-corrected chi connectivity index (χ1v) is 10.9. The molecule has 24 heavy (non-hydrogen) atoms. The smallest absolute Gasteiger partial charge is 0.354 e. The lowest BCUT2D eigenvalue weighted by Gasteiger charge is -2.42. The molecule has 1 saturated heterocycles. The van der Waals surface area contributed by atoms with Crippen LogP contribution in [0.4, 0.5) is 4.79 Å². The van der Waals surface area contributed by atoms with Gasteiger partial charge >= 0.3 is 5.30 Å². The highest BCUT2D eigenvalue weighted by atomic mass is 35.5. The molecule has 0 saturated carbocycles. The van der Waals surface area contributed by atoms with Gasteiger partial charge in [-0.15, -0.1) is 4.72 Å². The fraction of sp³-hybridized carbons (Fsp3) is 0.733. The normalized spacial score (nSPS) is 32.0.